The Balaban J connectivity index is 1.81. The van der Waals surface area contributed by atoms with Crippen LogP contribution in [-0.2, 0) is 6.42 Å². The van der Waals surface area contributed by atoms with Crippen LogP contribution in [0.15, 0.2) is 42.4 Å². The van der Waals surface area contributed by atoms with Crippen LogP contribution in [0.25, 0.3) is 16.8 Å². The van der Waals surface area contributed by atoms with E-state index in [2.05, 4.69) is 20.2 Å². The lowest BCUT2D eigenvalue weighted by Crippen LogP contribution is -2.07. The van der Waals surface area contributed by atoms with Crippen LogP contribution in [0.1, 0.15) is 26.6 Å². The van der Waals surface area contributed by atoms with E-state index in [-0.39, 0.29) is 12.2 Å². The third kappa shape index (κ3) is 2.94. The van der Waals surface area contributed by atoms with Crippen LogP contribution < -0.4 is 0 Å². The molecule has 0 aliphatic rings. The van der Waals surface area contributed by atoms with Gasteiger partial charge in [-0.05, 0) is 25.5 Å². The second-order valence-electron chi connectivity index (χ2n) is 5.87. The van der Waals surface area contributed by atoms with Crippen molar-refractivity contribution in [3.8, 4) is 11.1 Å². The first-order valence-electron chi connectivity index (χ1n) is 7.80. The molecule has 0 aliphatic heterocycles. The van der Waals surface area contributed by atoms with E-state index in [0.29, 0.717) is 11.2 Å². The van der Waals surface area contributed by atoms with Crippen molar-refractivity contribution in [1.29, 1.82) is 0 Å². The van der Waals surface area contributed by atoms with Crippen LogP contribution in [0.4, 0.5) is 0 Å². The molecular formula is C18H15N5OS. The molecule has 4 aromatic rings. The van der Waals surface area contributed by atoms with E-state index in [1.165, 1.54) is 11.3 Å². The van der Waals surface area contributed by atoms with Crippen LogP contribution in [0.3, 0.4) is 0 Å². The number of Topliss-reactive ketones (excluding diaryl/α,β-unsaturated/α-hetero) is 1. The first kappa shape index (κ1) is 15.6. The van der Waals surface area contributed by atoms with Gasteiger partial charge < -0.3 is 4.40 Å². The van der Waals surface area contributed by atoms with E-state index >= 15 is 0 Å². The minimum absolute atomic E-state index is 0.00654. The smallest absolute Gasteiger partial charge is 0.173 e. The highest BCUT2D eigenvalue weighted by Gasteiger charge is 2.17. The second-order valence-corrected chi connectivity index (χ2v) is 6.81. The number of thiazole rings is 1. The number of aryl methyl sites for hydroxylation is 2. The van der Waals surface area contributed by atoms with Gasteiger partial charge in [0, 0.05) is 40.8 Å². The molecular weight excluding hydrogens is 334 g/mol. The fourth-order valence-electron chi connectivity index (χ4n) is 2.79. The predicted molar refractivity (Wildman–Crippen MR) is 95.8 cm³/mol. The molecule has 25 heavy (non-hydrogen) atoms. The molecule has 0 aromatic carbocycles. The standard InChI is InChI=1S/C18H15N5OS/c1-11-7-20-21-8-15(11)13-5-14(18-19-3-4-23(18)9-13)16(24)6-17-22-12(2)10-25-17/h3-5,7-10H,6H2,1-2H3. The number of rotatable bonds is 4. The molecule has 0 unspecified atom stereocenters. The monoisotopic (exact) mass is 349 g/mol. The van der Waals surface area contributed by atoms with Crippen LogP contribution in [0, 0.1) is 13.8 Å². The van der Waals surface area contributed by atoms with Crippen molar-refractivity contribution in [3.05, 3.63) is 64.3 Å². The number of ketones is 1. The van der Waals surface area contributed by atoms with Crippen molar-refractivity contribution in [2.24, 2.45) is 0 Å². The van der Waals surface area contributed by atoms with E-state index in [1.54, 1.807) is 18.6 Å². The fraction of sp³-hybridized carbons (Fsp3) is 0.167. The molecule has 4 rings (SSSR count). The van der Waals surface area contributed by atoms with Gasteiger partial charge in [-0.15, -0.1) is 11.3 Å². The molecule has 0 amide bonds. The van der Waals surface area contributed by atoms with Gasteiger partial charge in [0.2, 0.25) is 0 Å². The summed E-state index contributed by atoms with van der Waals surface area (Å²) in [5.74, 6) is 0.00654. The number of carbonyl (C=O) groups is 1. The quantitative estimate of drug-likeness (QED) is 0.529. The minimum atomic E-state index is 0.00654. The largest absolute Gasteiger partial charge is 0.306 e. The average molecular weight is 349 g/mol. The zero-order valence-corrected chi connectivity index (χ0v) is 14.6. The van der Waals surface area contributed by atoms with Crippen molar-refractivity contribution in [2.75, 3.05) is 0 Å². The van der Waals surface area contributed by atoms with Gasteiger partial charge in [0.05, 0.1) is 24.4 Å². The van der Waals surface area contributed by atoms with Crippen LogP contribution in [-0.4, -0.2) is 30.3 Å². The summed E-state index contributed by atoms with van der Waals surface area (Å²) < 4.78 is 1.87. The zero-order valence-electron chi connectivity index (χ0n) is 13.8. The second kappa shape index (κ2) is 6.18. The number of hydrogen-bond acceptors (Lipinski definition) is 6. The van der Waals surface area contributed by atoms with E-state index in [4.69, 9.17) is 0 Å². The Kier molecular flexibility index (Phi) is 3.85. The highest BCUT2D eigenvalue weighted by molar-refractivity contribution is 7.09. The van der Waals surface area contributed by atoms with Crippen LogP contribution in [0.5, 0.6) is 0 Å². The maximum Gasteiger partial charge on any atom is 0.173 e. The van der Waals surface area contributed by atoms with Gasteiger partial charge in [-0.2, -0.15) is 10.2 Å². The fourth-order valence-corrected chi connectivity index (χ4v) is 3.56. The number of hydrogen-bond donors (Lipinski definition) is 0. The third-order valence-electron chi connectivity index (χ3n) is 4.01. The summed E-state index contributed by atoms with van der Waals surface area (Å²) in [5.41, 5.74) is 5.05. The van der Waals surface area contributed by atoms with Crippen molar-refractivity contribution in [1.82, 2.24) is 24.6 Å². The Morgan fingerprint density at radius 2 is 2.08 bits per heavy atom. The minimum Gasteiger partial charge on any atom is -0.306 e. The van der Waals surface area contributed by atoms with Gasteiger partial charge in [0.25, 0.3) is 0 Å². The molecule has 0 N–H and O–H groups in total. The molecule has 0 spiro atoms. The van der Waals surface area contributed by atoms with E-state index in [9.17, 15) is 4.79 Å². The number of fused-ring (bicyclic) bond motifs is 1. The van der Waals surface area contributed by atoms with E-state index in [1.807, 2.05) is 42.1 Å². The molecule has 0 radical (unpaired) electrons. The SMILES string of the molecule is Cc1csc(CC(=O)c2cc(-c3cnncc3C)cn3ccnc23)n1. The normalized spacial score (nSPS) is 11.1. The Bertz CT molecular complexity index is 1080. The van der Waals surface area contributed by atoms with Gasteiger partial charge >= 0.3 is 0 Å². The maximum atomic E-state index is 12.9. The molecule has 4 aromatic heterocycles. The highest BCUT2D eigenvalue weighted by Crippen LogP contribution is 2.25. The lowest BCUT2D eigenvalue weighted by atomic mass is 10.0. The van der Waals surface area contributed by atoms with Crippen LogP contribution >= 0.6 is 11.3 Å². The number of imidazole rings is 1. The van der Waals surface area contributed by atoms with Crippen molar-refractivity contribution >= 4 is 22.8 Å². The predicted octanol–water partition coefficient (Wildman–Crippen LogP) is 3.29. The Hall–Kier alpha value is -2.93. The van der Waals surface area contributed by atoms with Gasteiger partial charge in [0.1, 0.15) is 10.7 Å². The lowest BCUT2D eigenvalue weighted by Gasteiger charge is -2.09. The first-order valence-corrected chi connectivity index (χ1v) is 8.68. The maximum absolute atomic E-state index is 12.9. The number of carbonyl (C=O) groups excluding carboxylic acids is 1. The van der Waals surface area contributed by atoms with Crippen molar-refractivity contribution < 1.29 is 4.79 Å². The highest BCUT2D eigenvalue weighted by atomic mass is 32.1. The summed E-state index contributed by atoms with van der Waals surface area (Å²) in [4.78, 5) is 21.6. The average Bonchev–Trinajstić information content (AvgIpc) is 3.23. The molecule has 4 heterocycles. The van der Waals surface area contributed by atoms with Gasteiger partial charge in [-0.25, -0.2) is 9.97 Å². The molecule has 0 atom stereocenters. The van der Waals surface area contributed by atoms with E-state index in [0.717, 1.165) is 27.4 Å². The number of pyridine rings is 1. The summed E-state index contributed by atoms with van der Waals surface area (Å²) >= 11 is 1.51. The molecule has 7 heteroatoms. The van der Waals surface area contributed by atoms with Crippen molar-refractivity contribution in [2.45, 2.75) is 20.3 Å². The zero-order chi connectivity index (χ0) is 17.4. The lowest BCUT2D eigenvalue weighted by molar-refractivity contribution is 0.0994. The third-order valence-corrected chi connectivity index (χ3v) is 4.97. The molecule has 0 saturated carbocycles. The topological polar surface area (TPSA) is 73.0 Å². The number of aromatic nitrogens is 5. The van der Waals surface area contributed by atoms with Gasteiger partial charge in [-0.3, -0.25) is 4.79 Å². The molecule has 0 aliphatic carbocycles. The molecule has 124 valence electrons. The number of nitrogens with zero attached hydrogens (tertiary/aromatic N) is 5. The van der Waals surface area contributed by atoms with Crippen molar-refractivity contribution in [3.63, 3.8) is 0 Å². The molecule has 6 nitrogen and oxygen atoms in total. The molecule has 0 saturated heterocycles. The Morgan fingerprint density at radius 3 is 2.84 bits per heavy atom. The Morgan fingerprint density at radius 1 is 1.24 bits per heavy atom. The van der Waals surface area contributed by atoms with Gasteiger partial charge in [-0.1, -0.05) is 0 Å². The van der Waals surface area contributed by atoms with E-state index < -0.39 is 0 Å². The summed E-state index contributed by atoms with van der Waals surface area (Å²) in [7, 11) is 0. The first-order chi connectivity index (χ1) is 12.1. The molecule has 0 bridgehead atoms. The van der Waals surface area contributed by atoms with Crippen LogP contribution in [0.2, 0.25) is 0 Å². The Labute approximate surface area is 148 Å². The summed E-state index contributed by atoms with van der Waals surface area (Å²) in [6, 6.07) is 1.88. The summed E-state index contributed by atoms with van der Waals surface area (Å²) in [5, 5.41) is 10.6. The summed E-state index contributed by atoms with van der Waals surface area (Å²) in [6.45, 7) is 3.90. The molecule has 0 fully saturated rings. The van der Waals surface area contributed by atoms with Gasteiger partial charge in [0.15, 0.2) is 5.78 Å². The summed E-state index contributed by atoms with van der Waals surface area (Å²) in [6.07, 6.45) is 9.20.